The fourth-order valence-corrected chi connectivity index (χ4v) is 0.540. The molecule has 0 amide bonds. The molecule has 0 spiro atoms. The van der Waals surface area contributed by atoms with E-state index < -0.39 is 0 Å². The summed E-state index contributed by atoms with van der Waals surface area (Å²) in [5.41, 5.74) is 0. The highest BCUT2D eigenvalue weighted by Crippen LogP contribution is 2.05. The summed E-state index contributed by atoms with van der Waals surface area (Å²) < 4.78 is 0. The number of halogens is 2. The molecule has 0 aromatic heterocycles. The lowest BCUT2D eigenvalue weighted by molar-refractivity contribution is 0.567. The molecule has 0 heterocycles. The van der Waals surface area contributed by atoms with Gasteiger partial charge in [0.15, 0.2) is 0 Å². The third kappa shape index (κ3) is 4.20. The standard InChI is InChI=1S/C5H6Cl2O/c6-3-1-2-5(7)4-8/h1-3H2. The molecule has 0 aliphatic rings. The lowest BCUT2D eigenvalue weighted by Crippen LogP contribution is -1.76. The summed E-state index contributed by atoms with van der Waals surface area (Å²) in [5.74, 6) is 2.11. The van der Waals surface area contributed by atoms with Gasteiger partial charge in [-0.2, -0.15) is 0 Å². The van der Waals surface area contributed by atoms with Crippen molar-refractivity contribution < 1.29 is 4.79 Å². The minimum atomic E-state index is 0.227. The zero-order valence-corrected chi connectivity index (χ0v) is 5.80. The summed E-state index contributed by atoms with van der Waals surface area (Å²) in [6.45, 7) is 0. The van der Waals surface area contributed by atoms with Crippen LogP contribution in [0.25, 0.3) is 0 Å². The smallest absolute Gasteiger partial charge is 0.140 e. The molecule has 0 rings (SSSR count). The molecule has 0 aliphatic carbocycles. The van der Waals surface area contributed by atoms with Crippen LogP contribution in [0.5, 0.6) is 0 Å². The van der Waals surface area contributed by atoms with Crippen LogP contribution < -0.4 is 0 Å². The van der Waals surface area contributed by atoms with Crippen LogP contribution in [0.15, 0.2) is 5.03 Å². The Morgan fingerprint density at radius 3 is 2.62 bits per heavy atom. The van der Waals surface area contributed by atoms with Crippen LogP contribution in [-0.2, 0) is 4.79 Å². The lowest BCUT2D eigenvalue weighted by Gasteiger charge is -1.86. The predicted molar refractivity (Wildman–Crippen MR) is 35.0 cm³/mol. The quantitative estimate of drug-likeness (QED) is 0.447. The Kier molecular flexibility index (Phi) is 5.19. The molecule has 0 bridgehead atoms. The number of allylic oxidation sites excluding steroid dienone is 1. The van der Waals surface area contributed by atoms with Crippen molar-refractivity contribution in [3.63, 3.8) is 0 Å². The van der Waals surface area contributed by atoms with Gasteiger partial charge in [-0.05, 0) is 12.8 Å². The van der Waals surface area contributed by atoms with E-state index in [0.717, 1.165) is 6.42 Å². The van der Waals surface area contributed by atoms with E-state index in [4.69, 9.17) is 23.2 Å². The molecule has 8 heavy (non-hydrogen) atoms. The molecule has 0 aromatic rings. The Hall–Kier alpha value is 0.0300. The van der Waals surface area contributed by atoms with Crippen LogP contribution in [0.2, 0.25) is 0 Å². The van der Waals surface area contributed by atoms with Gasteiger partial charge in [-0.25, -0.2) is 4.79 Å². The highest BCUT2D eigenvalue weighted by Gasteiger charge is 1.89. The van der Waals surface area contributed by atoms with Gasteiger partial charge in [0, 0.05) is 5.88 Å². The van der Waals surface area contributed by atoms with Crippen molar-refractivity contribution in [1.29, 1.82) is 0 Å². The van der Waals surface area contributed by atoms with Gasteiger partial charge >= 0.3 is 0 Å². The molecular weight excluding hydrogens is 147 g/mol. The molecule has 0 aromatic carbocycles. The first-order valence-electron chi connectivity index (χ1n) is 2.26. The molecule has 0 aliphatic heterocycles. The summed E-state index contributed by atoms with van der Waals surface area (Å²) in [5, 5.41) is 0.227. The van der Waals surface area contributed by atoms with Gasteiger partial charge in [-0.1, -0.05) is 11.6 Å². The average molecular weight is 153 g/mol. The third-order valence-corrected chi connectivity index (χ3v) is 1.17. The first-order valence-corrected chi connectivity index (χ1v) is 3.18. The van der Waals surface area contributed by atoms with E-state index in [1.165, 1.54) is 0 Å². The number of alkyl halides is 1. The van der Waals surface area contributed by atoms with Crippen molar-refractivity contribution in [3.8, 4) is 0 Å². The van der Waals surface area contributed by atoms with E-state index in [2.05, 4.69) is 0 Å². The maximum atomic E-state index is 9.67. The van der Waals surface area contributed by atoms with Crippen LogP contribution in [0.4, 0.5) is 0 Å². The van der Waals surface area contributed by atoms with Gasteiger partial charge in [0.1, 0.15) is 11.0 Å². The molecule has 46 valence electrons. The number of hydrogen-bond donors (Lipinski definition) is 0. The van der Waals surface area contributed by atoms with E-state index in [-0.39, 0.29) is 5.03 Å². The van der Waals surface area contributed by atoms with Gasteiger partial charge in [-0.15, -0.1) is 11.6 Å². The van der Waals surface area contributed by atoms with Crippen molar-refractivity contribution in [2.45, 2.75) is 12.8 Å². The predicted octanol–water partition coefficient (Wildman–Crippen LogP) is 1.96. The highest BCUT2D eigenvalue weighted by molar-refractivity contribution is 6.33. The Morgan fingerprint density at radius 1 is 1.62 bits per heavy atom. The normalized spacial score (nSPS) is 8.25. The lowest BCUT2D eigenvalue weighted by atomic mass is 10.3. The van der Waals surface area contributed by atoms with Crippen LogP contribution in [-0.4, -0.2) is 11.8 Å². The maximum absolute atomic E-state index is 9.67. The Bertz CT molecular complexity index is 105. The second kappa shape index (κ2) is 5.17. The fourth-order valence-electron chi connectivity index (χ4n) is 0.273. The van der Waals surface area contributed by atoms with Gasteiger partial charge in [-0.3, -0.25) is 0 Å². The fraction of sp³-hybridized carbons (Fsp3) is 0.600. The Morgan fingerprint density at radius 2 is 2.25 bits per heavy atom. The molecule has 0 N–H and O–H groups in total. The van der Waals surface area contributed by atoms with E-state index >= 15 is 0 Å². The van der Waals surface area contributed by atoms with Gasteiger partial charge in [0.05, 0.1) is 0 Å². The molecule has 3 heteroatoms. The van der Waals surface area contributed by atoms with Crippen LogP contribution in [0.3, 0.4) is 0 Å². The molecule has 0 atom stereocenters. The molecular formula is C5H6Cl2O. The summed E-state index contributed by atoms with van der Waals surface area (Å²) in [6, 6.07) is 0. The van der Waals surface area contributed by atoms with E-state index in [0.29, 0.717) is 12.3 Å². The van der Waals surface area contributed by atoms with Crippen molar-refractivity contribution in [3.05, 3.63) is 5.03 Å². The second-order valence-corrected chi connectivity index (χ2v) is 2.13. The van der Waals surface area contributed by atoms with Crippen LogP contribution >= 0.6 is 23.2 Å². The zero-order valence-electron chi connectivity index (χ0n) is 4.29. The van der Waals surface area contributed by atoms with Gasteiger partial charge < -0.3 is 0 Å². The first-order chi connectivity index (χ1) is 3.81. The zero-order chi connectivity index (χ0) is 6.41. The topological polar surface area (TPSA) is 17.1 Å². The molecule has 0 saturated heterocycles. The minimum absolute atomic E-state index is 0.227. The SMILES string of the molecule is O=C=C(Cl)CCCCl. The van der Waals surface area contributed by atoms with Gasteiger partial charge in [0.2, 0.25) is 0 Å². The third-order valence-electron chi connectivity index (χ3n) is 0.641. The molecule has 1 nitrogen and oxygen atoms in total. The van der Waals surface area contributed by atoms with E-state index in [9.17, 15) is 4.79 Å². The van der Waals surface area contributed by atoms with Gasteiger partial charge in [0.25, 0.3) is 0 Å². The van der Waals surface area contributed by atoms with Crippen molar-refractivity contribution in [1.82, 2.24) is 0 Å². The second-order valence-electron chi connectivity index (χ2n) is 1.30. The molecule has 0 radical (unpaired) electrons. The molecule has 0 fully saturated rings. The number of hydrogen-bond acceptors (Lipinski definition) is 1. The minimum Gasteiger partial charge on any atom is -0.232 e. The van der Waals surface area contributed by atoms with Crippen molar-refractivity contribution in [2.75, 3.05) is 5.88 Å². The van der Waals surface area contributed by atoms with E-state index in [1.54, 1.807) is 5.94 Å². The summed E-state index contributed by atoms with van der Waals surface area (Å²) in [4.78, 5) is 9.67. The number of rotatable bonds is 3. The molecule has 0 saturated carbocycles. The summed E-state index contributed by atoms with van der Waals surface area (Å²) in [6.07, 6.45) is 1.30. The average Bonchev–Trinajstić information content (AvgIpc) is 1.83. The molecule has 0 unspecified atom stereocenters. The Labute approximate surface area is 58.3 Å². The monoisotopic (exact) mass is 152 g/mol. The van der Waals surface area contributed by atoms with Crippen LogP contribution in [0.1, 0.15) is 12.8 Å². The first kappa shape index (κ1) is 8.03. The Balaban J connectivity index is 3.26. The largest absolute Gasteiger partial charge is 0.232 e. The number of carbonyl (C=O) groups excluding carboxylic acids is 1. The summed E-state index contributed by atoms with van der Waals surface area (Å²) >= 11 is 10.6. The van der Waals surface area contributed by atoms with Crippen molar-refractivity contribution >= 4 is 29.1 Å². The highest BCUT2D eigenvalue weighted by atomic mass is 35.5. The summed E-state index contributed by atoms with van der Waals surface area (Å²) in [7, 11) is 0. The van der Waals surface area contributed by atoms with Crippen molar-refractivity contribution in [2.24, 2.45) is 0 Å². The maximum Gasteiger partial charge on any atom is 0.140 e. The van der Waals surface area contributed by atoms with Crippen LogP contribution in [0, 0.1) is 0 Å². The van der Waals surface area contributed by atoms with E-state index in [1.807, 2.05) is 0 Å².